The minimum absolute atomic E-state index is 0.122. The summed E-state index contributed by atoms with van der Waals surface area (Å²) in [6.07, 6.45) is 24.7. The molecule has 1 atom stereocenters. The highest BCUT2D eigenvalue weighted by atomic mass is 31.1. The maximum atomic E-state index is 2.48. The van der Waals surface area contributed by atoms with Crippen LogP contribution in [0.3, 0.4) is 0 Å². The van der Waals surface area contributed by atoms with Crippen LogP contribution in [0.25, 0.3) is 0 Å². The van der Waals surface area contributed by atoms with Crippen LogP contribution >= 0.6 is 7.92 Å². The van der Waals surface area contributed by atoms with Gasteiger partial charge in [0.05, 0.1) is 0 Å². The van der Waals surface area contributed by atoms with Crippen molar-refractivity contribution in [1.29, 1.82) is 0 Å². The molecule has 0 saturated carbocycles. The van der Waals surface area contributed by atoms with E-state index in [0.29, 0.717) is 0 Å². The van der Waals surface area contributed by atoms with E-state index in [9.17, 15) is 0 Å². The molecule has 0 spiro atoms. The maximum Gasteiger partial charge on any atom is -0.0238 e. The van der Waals surface area contributed by atoms with Gasteiger partial charge >= 0.3 is 0 Å². The molecule has 0 aromatic heterocycles. The second-order valence-corrected chi connectivity index (χ2v) is 7.68. The van der Waals surface area contributed by atoms with E-state index < -0.39 is 0 Å². The lowest BCUT2D eigenvalue weighted by molar-refractivity contribution is 0.705. The highest BCUT2D eigenvalue weighted by Gasteiger charge is 2.15. The van der Waals surface area contributed by atoms with Crippen LogP contribution in [0.1, 0.15) is 65.7 Å². The topological polar surface area (TPSA) is 0 Å². The second kappa shape index (κ2) is 11.1. The third-order valence-corrected chi connectivity index (χ3v) is 6.40. The van der Waals surface area contributed by atoms with Gasteiger partial charge in [-0.05, 0) is 57.3 Å². The molecule has 0 fully saturated rings. The Hall–Kier alpha value is -0.610. The fourth-order valence-corrected chi connectivity index (χ4v) is 5.07. The van der Waals surface area contributed by atoms with Crippen LogP contribution in [0.2, 0.25) is 0 Å². The van der Waals surface area contributed by atoms with E-state index in [1.54, 1.807) is 10.6 Å². The molecule has 0 saturated heterocycles. The summed E-state index contributed by atoms with van der Waals surface area (Å²) < 4.78 is 0. The molecule has 0 heterocycles. The fraction of sp³-hybridized carbons (Fsp3) is 0.579. The van der Waals surface area contributed by atoms with Gasteiger partial charge in [-0.15, -0.1) is 0 Å². The highest BCUT2D eigenvalue weighted by Crippen LogP contribution is 2.55. The summed E-state index contributed by atoms with van der Waals surface area (Å²) in [6, 6.07) is 0. The van der Waals surface area contributed by atoms with Crippen molar-refractivity contribution in [2.75, 3.05) is 6.16 Å². The van der Waals surface area contributed by atoms with E-state index >= 15 is 0 Å². The van der Waals surface area contributed by atoms with Crippen molar-refractivity contribution in [3.05, 3.63) is 47.1 Å². The van der Waals surface area contributed by atoms with Gasteiger partial charge in [-0.1, -0.05) is 69.6 Å². The zero-order valence-corrected chi connectivity index (χ0v) is 14.5. The predicted molar refractivity (Wildman–Crippen MR) is 95.6 cm³/mol. The highest BCUT2D eigenvalue weighted by molar-refractivity contribution is 7.66. The van der Waals surface area contributed by atoms with Gasteiger partial charge in [0, 0.05) is 0 Å². The van der Waals surface area contributed by atoms with Crippen molar-refractivity contribution in [1.82, 2.24) is 0 Å². The van der Waals surface area contributed by atoms with E-state index in [2.05, 4.69) is 57.2 Å². The predicted octanol–water partition coefficient (Wildman–Crippen LogP) is 7.15. The fourth-order valence-electron chi connectivity index (χ4n) is 2.48. The summed E-state index contributed by atoms with van der Waals surface area (Å²) in [7, 11) is -0.122. The molecule has 1 aliphatic carbocycles. The zero-order valence-electron chi connectivity index (χ0n) is 13.6. The van der Waals surface area contributed by atoms with E-state index in [0.717, 1.165) is 6.42 Å². The number of hydrogen-bond donors (Lipinski definition) is 0. The molecule has 1 unspecified atom stereocenters. The summed E-state index contributed by atoms with van der Waals surface area (Å²) in [4.78, 5) is 0. The molecular formula is C19H31P. The second-order valence-electron chi connectivity index (χ2n) is 5.35. The molecule has 1 heteroatoms. The molecule has 0 bridgehead atoms. The van der Waals surface area contributed by atoms with E-state index in [4.69, 9.17) is 0 Å². The molecule has 0 aliphatic heterocycles. The van der Waals surface area contributed by atoms with Crippen molar-refractivity contribution < 1.29 is 0 Å². The Bertz CT molecular complexity index is 371. The first-order valence-electron chi connectivity index (χ1n) is 8.30. The molecule has 0 aromatic rings. The van der Waals surface area contributed by atoms with Gasteiger partial charge in [0.1, 0.15) is 0 Å². The number of hydrogen-bond acceptors (Lipinski definition) is 0. The Balaban J connectivity index is 2.74. The lowest BCUT2D eigenvalue weighted by Gasteiger charge is -2.22. The van der Waals surface area contributed by atoms with Crippen LogP contribution in [-0.2, 0) is 0 Å². The molecule has 112 valence electrons. The summed E-state index contributed by atoms with van der Waals surface area (Å²) >= 11 is 0. The van der Waals surface area contributed by atoms with Gasteiger partial charge in [-0.3, -0.25) is 0 Å². The number of rotatable bonds is 9. The van der Waals surface area contributed by atoms with Crippen LogP contribution in [-0.4, -0.2) is 6.16 Å². The van der Waals surface area contributed by atoms with Gasteiger partial charge in [-0.25, -0.2) is 0 Å². The summed E-state index contributed by atoms with van der Waals surface area (Å²) in [5.41, 5.74) is 0. The average molecular weight is 290 g/mol. The quantitative estimate of drug-likeness (QED) is 0.240. The lowest BCUT2D eigenvalue weighted by Crippen LogP contribution is -1.93. The minimum Gasteiger partial charge on any atom is -0.0842 e. The summed E-state index contributed by atoms with van der Waals surface area (Å²) in [5, 5.41) is 3.17. The van der Waals surface area contributed by atoms with Crippen molar-refractivity contribution in [2.45, 2.75) is 65.7 Å². The first-order valence-corrected chi connectivity index (χ1v) is 9.83. The van der Waals surface area contributed by atoms with Gasteiger partial charge in [0.15, 0.2) is 0 Å². The molecule has 0 radical (unpaired) electrons. The molecule has 0 aromatic carbocycles. The van der Waals surface area contributed by atoms with E-state index in [1.807, 2.05) is 0 Å². The summed E-state index contributed by atoms with van der Waals surface area (Å²) in [5.74, 6) is 0. The molecule has 0 amide bonds. The first kappa shape index (κ1) is 17.4. The minimum atomic E-state index is -0.122. The number of unbranched alkanes of at least 4 members (excludes halogenated alkanes) is 3. The molecule has 0 nitrogen and oxygen atoms in total. The van der Waals surface area contributed by atoms with Crippen molar-refractivity contribution in [3.8, 4) is 0 Å². The Morgan fingerprint density at radius 2 is 2.05 bits per heavy atom. The van der Waals surface area contributed by atoms with Crippen LogP contribution in [0, 0.1) is 0 Å². The van der Waals surface area contributed by atoms with Crippen LogP contribution in [0.5, 0.6) is 0 Å². The standard InChI is InChI=1S/C19H31P/c1-4-7-9-13-17-20(18(6-3)14-8-5-2)19-15-11-10-12-16-19/h6,8,11,14-16H,4-5,7,9-10,12-13,17H2,1-3H3/b14-8-,18-6+. The van der Waals surface area contributed by atoms with Gasteiger partial charge in [0.25, 0.3) is 0 Å². The van der Waals surface area contributed by atoms with Gasteiger partial charge < -0.3 is 0 Å². The van der Waals surface area contributed by atoms with E-state index in [1.165, 1.54) is 44.7 Å². The SMILES string of the molecule is C/C=C(\C=C/CC)P(CCCCCC)C1=CCCC=C1. The Morgan fingerprint density at radius 3 is 2.65 bits per heavy atom. The molecule has 1 rings (SSSR count). The van der Waals surface area contributed by atoms with Crippen molar-refractivity contribution in [2.24, 2.45) is 0 Å². The largest absolute Gasteiger partial charge is 0.0842 e. The lowest BCUT2D eigenvalue weighted by atomic mass is 10.2. The van der Waals surface area contributed by atoms with Gasteiger partial charge in [0.2, 0.25) is 0 Å². The van der Waals surface area contributed by atoms with Crippen LogP contribution < -0.4 is 0 Å². The first-order chi connectivity index (χ1) is 9.83. The molecule has 1 aliphatic rings. The third-order valence-electron chi connectivity index (χ3n) is 3.65. The maximum absolute atomic E-state index is 2.48. The van der Waals surface area contributed by atoms with Crippen molar-refractivity contribution >= 4 is 7.92 Å². The third kappa shape index (κ3) is 6.23. The smallest absolute Gasteiger partial charge is 0.0238 e. The summed E-state index contributed by atoms with van der Waals surface area (Å²) in [6.45, 7) is 6.70. The number of allylic oxidation sites excluding steroid dienone is 8. The molecule has 0 N–H and O–H groups in total. The Kier molecular flexibility index (Phi) is 9.67. The van der Waals surface area contributed by atoms with Crippen LogP contribution in [0.15, 0.2) is 47.1 Å². The normalized spacial score (nSPS) is 17.6. The van der Waals surface area contributed by atoms with E-state index in [-0.39, 0.29) is 7.92 Å². The zero-order chi connectivity index (χ0) is 14.6. The van der Waals surface area contributed by atoms with Gasteiger partial charge in [-0.2, -0.15) is 0 Å². The Labute approximate surface area is 127 Å². The molecular weight excluding hydrogens is 259 g/mol. The monoisotopic (exact) mass is 290 g/mol. The van der Waals surface area contributed by atoms with Crippen LogP contribution in [0.4, 0.5) is 0 Å². The average Bonchev–Trinajstić information content (AvgIpc) is 2.50. The Morgan fingerprint density at radius 1 is 1.20 bits per heavy atom. The van der Waals surface area contributed by atoms with Crippen molar-refractivity contribution in [3.63, 3.8) is 0 Å². The molecule has 20 heavy (non-hydrogen) atoms.